The molecule has 2 amide bonds. The average Bonchev–Trinajstić information content (AvgIpc) is 3.51. The summed E-state index contributed by atoms with van der Waals surface area (Å²) in [6.07, 6.45) is 1.57. The largest absolute Gasteiger partial charge is 0.416 e. The molecule has 2 aliphatic heterocycles. The molecule has 39 heavy (non-hydrogen) atoms. The Morgan fingerprint density at radius 1 is 0.923 bits per heavy atom. The number of benzene rings is 2. The number of aryl methyl sites for hydroxylation is 1. The van der Waals surface area contributed by atoms with E-state index in [2.05, 4.69) is 14.9 Å². The van der Waals surface area contributed by atoms with Crippen molar-refractivity contribution < 1.29 is 22.8 Å². The maximum absolute atomic E-state index is 13.1. The summed E-state index contributed by atoms with van der Waals surface area (Å²) in [5, 5.41) is 0. The van der Waals surface area contributed by atoms with E-state index in [0.717, 1.165) is 55.0 Å². The van der Waals surface area contributed by atoms with Crippen molar-refractivity contribution in [3.63, 3.8) is 0 Å². The molecule has 2 saturated heterocycles. The van der Waals surface area contributed by atoms with Crippen LogP contribution in [-0.2, 0) is 17.4 Å². The number of aromatic nitrogens is 2. The summed E-state index contributed by atoms with van der Waals surface area (Å²) in [6, 6.07) is 12.9. The highest BCUT2D eigenvalue weighted by atomic mass is 19.4. The summed E-state index contributed by atoms with van der Waals surface area (Å²) in [7, 11) is 0. The Kier molecular flexibility index (Phi) is 8.02. The third-order valence-electron chi connectivity index (χ3n) is 7.73. The maximum atomic E-state index is 13.1. The number of piperazine rings is 1. The molecule has 0 atom stereocenters. The van der Waals surface area contributed by atoms with Gasteiger partial charge in [-0.3, -0.25) is 14.5 Å². The highest BCUT2D eigenvalue weighted by Crippen LogP contribution is 2.29. The number of hydrogen-bond donors (Lipinski definition) is 1. The van der Waals surface area contributed by atoms with Crippen molar-refractivity contribution in [1.82, 2.24) is 24.7 Å². The Morgan fingerprint density at radius 2 is 1.64 bits per heavy atom. The number of aromatic amines is 1. The third-order valence-corrected chi connectivity index (χ3v) is 7.73. The van der Waals surface area contributed by atoms with E-state index in [1.165, 1.54) is 12.1 Å². The molecule has 0 aliphatic carbocycles. The lowest BCUT2D eigenvalue weighted by Gasteiger charge is -2.42. The highest BCUT2D eigenvalue weighted by Gasteiger charge is 2.31. The van der Waals surface area contributed by atoms with Gasteiger partial charge in [0.1, 0.15) is 5.82 Å². The zero-order chi connectivity index (χ0) is 27.4. The minimum Gasteiger partial charge on any atom is -0.345 e. The van der Waals surface area contributed by atoms with Crippen LogP contribution in [0.3, 0.4) is 0 Å². The molecule has 3 aromatic rings. The fraction of sp³-hybridized carbons (Fsp3) is 0.414. The summed E-state index contributed by atoms with van der Waals surface area (Å²) in [5.74, 6) is 0.802. The van der Waals surface area contributed by atoms with Gasteiger partial charge in [0.2, 0.25) is 5.91 Å². The molecule has 206 valence electrons. The third kappa shape index (κ3) is 6.50. The molecule has 5 rings (SSSR count). The lowest BCUT2D eigenvalue weighted by atomic mass is 10.0. The molecule has 1 N–H and O–H groups in total. The number of H-pyrrole nitrogens is 1. The molecule has 2 fully saturated rings. The Hall–Kier alpha value is -3.66. The van der Waals surface area contributed by atoms with E-state index in [1.807, 2.05) is 34.1 Å². The number of alkyl halides is 3. The normalized spacial score (nSPS) is 17.4. The van der Waals surface area contributed by atoms with Gasteiger partial charge in [0.15, 0.2) is 0 Å². The molecular formula is C29H32F3N5O2. The van der Waals surface area contributed by atoms with E-state index >= 15 is 0 Å². The van der Waals surface area contributed by atoms with E-state index in [0.29, 0.717) is 44.2 Å². The van der Waals surface area contributed by atoms with Crippen LogP contribution in [-0.4, -0.2) is 81.8 Å². The first-order valence-corrected chi connectivity index (χ1v) is 13.3. The van der Waals surface area contributed by atoms with Gasteiger partial charge in [-0.25, -0.2) is 4.98 Å². The second-order valence-electron chi connectivity index (χ2n) is 10.2. The molecule has 0 saturated carbocycles. The lowest BCUT2D eigenvalue weighted by Crippen LogP contribution is -2.54. The SMILES string of the molecule is O=C(CCc1ccc(C(F)(F)F)cc1)N1CCC(N2CCN(C(=O)c3cccc(-c4ncc[nH]4)c3)CC2)CC1. The van der Waals surface area contributed by atoms with Crippen LogP contribution < -0.4 is 0 Å². The van der Waals surface area contributed by atoms with Crippen LogP contribution in [0.1, 0.15) is 40.7 Å². The molecule has 10 heteroatoms. The Labute approximate surface area is 225 Å². The predicted molar refractivity (Wildman–Crippen MR) is 141 cm³/mol. The lowest BCUT2D eigenvalue weighted by molar-refractivity contribution is -0.137. The first-order valence-electron chi connectivity index (χ1n) is 13.3. The zero-order valence-electron chi connectivity index (χ0n) is 21.7. The molecule has 0 unspecified atom stereocenters. The Bertz CT molecular complexity index is 1260. The Balaban J connectivity index is 1.05. The van der Waals surface area contributed by atoms with Gasteiger partial charge in [-0.2, -0.15) is 13.2 Å². The zero-order valence-corrected chi connectivity index (χ0v) is 21.7. The number of amides is 2. The van der Waals surface area contributed by atoms with Crippen LogP contribution in [0.15, 0.2) is 60.9 Å². The van der Waals surface area contributed by atoms with Crippen molar-refractivity contribution in [1.29, 1.82) is 0 Å². The van der Waals surface area contributed by atoms with Crippen molar-refractivity contribution in [2.75, 3.05) is 39.3 Å². The van der Waals surface area contributed by atoms with Gasteiger partial charge in [0.25, 0.3) is 5.91 Å². The van der Waals surface area contributed by atoms with Crippen LogP contribution in [0.4, 0.5) is 13.2 Å². The first-order chi connectivity index (χ1) is 18.8. The highest BCUT2D eigenvalue weighted by molar-refractivity contribution is 5.95. The number of piperidine rings is 1. The smallest absolute Gasteiger partial charge is 0.345 e. The summed E-state index contributed by atoms with van der Waals surface area (Å²) in [5.41, 5.74) is 1.58. The Morgan fingerprint density at radius 3 is 2.28 bits per heavy atom. The summed E-state index contributed by atoms with van der Waals surface area (Å²) in [4.78, 5) is 39.4. The van der Waals surface area contributed by atoms with Gasteiger partial charge in [-0.1, -0.05) is 24.3 Å². The topological polar surface area (TPSA) is 72.5 Å². The van der Waals surface area contributed by atoms with Gasteiger partial charge in [0, 0.05) is 75.3 Å². The van der Waals surface area contributed by atoms with Crippen LogP contribution >= 0.6 is 0 Å². The summed E-state index contributed by atoms with van der Waals surface area (Å²) < 4.78 is 38.2. The van der Waals surface area contributed by atoms with Gasteiger partial charge < -0.3 is 14.8 Å². The maximum Gasteiger partial charge on any atom is 0.416 e. The number of carbonyl (C=O) groups is 2. The van der Waals surface area contributed by atoms with Gasteiger partial charge in [-0.15, -0.1) is 0 Å². The van der Waals surface area contributed by atoms with E-state index in [-0.39, 0.29) is 18.2 Å². The molecule has 1 aromatic heterocycles. The van der Waals surface area contributed by atoms with Crippen LogP contribution in [0.25, 0.3) is 11.4 Å². The monoisotopic (exact) mass is 539 g/mol. The molecule has 2 aliphatic rings. The fourth-order valence-corrected chi connectivity index (χ4v) is 5.45. The number of imidazole rings is 1. The number of nitrogens with zero attached hydrogens (tertiary/aromatic N) is 4. The molecule has 2 aromatic carbocycles. The van der Waals surface area contributed by atoms with Gasteiger partial charge in [0.05, 0.1) is 5.56 Å². The van der Waals surface area contributed by atoms with Gasteiger partial charge >= 0.3 is 6.18 Å². The number of likely N-dealkylation sites (tertiary alicyclic amines) is 1. The van der Waals surface area contributed by atoms with Crippen molar-refractivity contribution in [3.8, 4) is 11.4 Å². The van der Waals surface area contributed by atoms with E-state index in [9.17, 15) is 22.8 Å². The number of halogens is 3. The summed E-state index contributed by atoms with van der Waals surface area (Å²) >= 11 is 0. The number of hydrogen-bond acceptors (Lipinski definition) is 4. The molecule has 0 spiro atoms. The van der Waals surface area contributed by atoms with Crippen molar-refractivity contribution in [3.05, 3.63) is 77.6 Å². The van der Waals surface area contributed by atoms with Crippen molar-refractivity contribution in [2.24, 2.45) is 0 Å². The number of carbonyl (C=O) groups excluding carboxylic acids is 2. The van der Waals surface area contributed by atoms with Gasteiger partial charge in [-0.05, 0) is 49.1 Å². The van der Waals surface area contributed by atoms with E-state index < -0.39 is 11.7 Å². The average molecular weight is 540 g/mol. The fourth-order valence-electron chi connectivity index (χ4n) is 5.45. The van der Waals surface area contributed by atoms with Crippen molar-refractivity contribution >= 4 is 11.8 Å². The van der Waals surface area contributed by atoms with Crippen LogP contribution in [0.5, 0.6) is 0 Å². The predicted octanol–water partition coefficient (Wildman–Crippen LogP) is 4.48. The van der Waals surface area contributed by atoms with Crippen LogP contribution in [0.2, 0.25) is 0 Å². The quantitative estimate of drug-likeness (QED) is 0.502. The molecule has 3 heterocycles. The summed E-state index contributed by atoms with van der Waals surface area (Å²) in [6.45, 7) is 4.28. The second-order valence-corrected chi connectivity index (χ2v) is 10.2. The molecular weight excluding hydrogens is 507 g/mol. The van der Waals surface area contributed by atoms with E-state index in [1.54, 1.807) is 12.4 Å². The standard InChI is InChI=1S/C29H32F3N5O2/c30-29(31,32)24-7-4-21(5-8-24)6-9-26(38)36-14-10-25(11-15-36)35-16-18-37(19-17-35)28(39)23-3-1-2-22(20-23)27-33-12-13-34-27/h1-5,7-8,12-13,20,25H,6,9-11,14-19H2,(H,33,34). The van der Waals surface area contributed by atoms with Crippen LogP contribution in [0, 0.1) is 0 Å². The molecule has 0 radical (unpaired) electrons. The number of rotatable bonds is 6. The number of nitrogens with one attached hydrogen (secondary N) is 1. The minimum atomic E-state index is -4.35. The second kappa shape index (κ2) is 11.6. The minimum absolute atomic E-state index is 0.0246. The first kappa shape index (κ1) is 26.9. The molecule has 0 bridgehead atoms. The molecule has 7 nitrogen and oxygen atoms in total. The van der Waals surface area contributed by atoms with E-state index in [4.69, 9.17) is 0 Å². The van der Waals surface area contributed by atoms with Crippen molar-refractivity contribution in [2.45, 2.75) is 37.9 Å².